The van der Waals surface area contributed by atoms with Crippen LogP contribution in [0.25, 0.3) is 0 Å². The summed E-state index contributed by atoms with van der Waals surface area (Å²) in [4.78, 5) is 23.8. The van der Waals surface area contributed by atoms with Gasteiger partial charge in [0, 0.05) is 31.8 Å². The molecule has 2 N–H and O–H groups in total. The van der Waals surface area contributed by atoms with Crippen molar-refractivity contribution in [3.05, 3.63) is 17.7 Å². The average Bonchev–Trinajstić information content (AvgIpc) is 2.56. The van der Waals surface area contributed by atoms with Crippen LogP contribution in [-0.4, -0.2) is 56.9 Å². The highest BCUT2D eigenvalue weighted by atomic mass is 16.5. The summed E-state index contributed by atoms with van der Waals surface area (Å²) >= 11 is 0. The second-order valence-electron chi connectivity index (χ2n) is 4.74. The molecular formula is C15H22N2O6. The zero-order valence-electron chi connectivity index (χ0n) is 13.7. The molecule has 0 bridgehead atoms. The molecule has 0 spiro atoms. The van der Waals surface area contributed by atoms with Crippen LogP contribution >= 0.6 is 0 Å². The number of ether oxygens (including phenoxy) is 3. The smallest absolute Gasteiger partial charge is 0.317 e. The normalized spacial score (nSPS) is 9.91. The quantitative estimate of drug-likeness (QED) is 0.748. The van der Waals surface area contributed by atoms with Crippen LogP contribution in [0.4, 0.5) is 4.79 Å². The molecule has 8 nitrogen and oxygen atoms in total. The largest absolute Gasteiger partial charge is 0.496 e. The first-order chi connectivity index (χ1) is 10.9. The lowest BCUT2D eigenvalue weighted by molar-refractivity contribution is -0.137. The average molecular weight is 326 g/mol. The number of nitrogens with zero attached hydrogens (tertiary/aromatic N) is 1. The van der Waals surface area contributed by atoms with E-state index in [2.05, 4.69) is 5.32 Å². The van der Waals surface area contributed by atoms with Gasteiger partial charge in [-0.2, -0.15) is 0 Å². The van der Waals surface area contributed by atoms with E-state index < -0.39 is 5.97 Å². The van der Waals surface area contributed by atoms with E-state index in [0.717, 1.165) is 0 Å². The topological polar surface area (TPSA) is 97.3 Å². The predicted octanol–water partition coefficient (Wildman–Crippen LogP) is 1.33. The van der Waals surface area contributed by atoms with Gasteiger partial charge in [0.25, 0.3) is 0 Å². The van der Waals surface area contributed by atoms with Crippen LogP contribution < -0.4 is 19.5 Å². The van der Waals surface area contributed by atoms with Crippen molar-refractivity contribution in [3.63, 3.8) is 0 Å². The van der Waals surface area contributed by atoms with Gasteiger partial charge in [0.15, 0.2) is 11.5 Å². The Kier molecular flexibility index (Phi) is 6.98. The molecule has 0 fully saturated rings. The SMILES string of the molecule is COc1cc(OC)c(OC)cc1CNC(=O)N(C)CCC(=O)O. The van der Waals surface area contributed by atoms with E-state index in [4.69, 9.17) is 19.3 Å². The number of amides is 2. The van der Waals surface area contributed by atoms with Gasteiger partial charge < -0.3 is 29.5 Å². The van der Waals surface area contributed by atoms with E-state index in [1.54, 1.807) is 12.1 Å². The summed E-state index contributed by atoms with van der Waals surface area (Å²) in [5.41, 5.74) is 0.713. The first-order valence-electron chi connectivity index (χ1n) is 6.92. The lowest BCUT2D eigenvalue weighted by atomic mass is 10.1. The standard InChI is InChI=1S/C15H22N2O6/c1-17(6-5-14(18)19)15(20)16-9-10-7-12(22-3)13(23-4)8-11(10)21-2/h7-8H,5-6,9H2,1-4H3,(H,16,20)(H,18,19). The molecule has 8 heteroatoms. The number of nitrogens with one attached hydrogen (secondary N) is 1. The highest BCUT2D eigenvalue weighted by Crippen LogP contribution is 2.34. The van der Waals surface area contributed by atoms with Crippen LogP contribution in [0.3, 0.4) is 0 Å². The lowest BCUT2D eigenvalue weighted by Crippen LogP contribution is -2.38. The van der Waals surface area contributed by atoms with Gasteiger partial charge in [-0.05, 0) is 6.07 Å². The maximum absolute atomic E-state index is 11.9. The van der Waals surface area contributed by atoms with E-state index in [-0.39, 0.29) is 25.5 Å². The molecule has 0 aromatic heterocycles. The summed E-state index contributed by atoms with van der Waals surface area (Å²) in [6.07, 6.45) is -0.108. The number of benzene rings is 1. The van der Waals surface area contributed by atoms with Crippen molar-refractivity contribution in [2.75, 3.05) is 34.9 Å². The van der Waals surface area contributed by atoms with Crippen LogP contribution in [0.15, 0.2) is 12.1 Å². The first-order valence-corrected chi connectivity index (χ1v) is 6.92. The molecule has 1 aromatic carbocycles. The predicted molar refractivity (Wildman–Crippen MR) is 83.2 cm³/mol. The Labute approximate surface area is 134 Å². The number of urea groups is 1. The molecule has 0 saturated carbocycles. The molecule has 0 aliphatic heterocycles. The third-order valence-corrected chi connectivity index (χ3v) is 3.22. The van der Waals surface area contributed by atoms with Gasteiger partial charge in [-0.15, -0.1) is 0 Å². The zero-order valence-corrected chi connectivity index (χ0v) is 13.7. The van der Waals surface area contributed by atoms with Gasteiger partial charge in [-0.1, -0.05) is 0 Å². The van der Waals surface area contributed by atoms with Gasteiger partial charge in [0.05, 0.1) is 27.8 Å². The Morgan fingerprint density at radius 3 is 2.17 bits per heavy atom. The van der Waals surface area contributed by atoms with Crippen molar-refractivity contribution in [2.45, 2.75) is 13.0 Å². The number of rotatable bonds is 8. The highest BCUT2D eigenvalue weighted by molar-refractivity contribution is 5.75. The number of hydrogen-bond donors (Lipinski definition) is 2. The van der Waals surface area contributed by atoms with Crippen molar-refractivity contribution >= 4 is 12.0 Å². The Balaban J connectivity index is 2.76. The van der Waals surface area contributed by atoms with E-state index in [0.29, 0.717) is 22.8 Å². The van der Waals surface area contributed by atoms with E-state index in [1.807, 2.05) is 0 Å². The first kappa shape index (κ1) is 18.4. The van der Waals surface area contributed by atoms with Gasteiger partial charge >= 0.3 is 12.0 Å². The minimum Gasteiger partial charge on any atom is -0.496 e. The van der Waals surface area contributed by atoms with Crippen LogP contribution in [0.1, 0.15) is 12.0 Å². The molecule has 1 aromatic rings. The summed E-state index contributed by atoms with van der Waals surface area (Å²) in [7, 11) is 6.10. The summed E-state index contributed by atoms with van der Waals surface area (Å²) in [6, 6.07) is 3.02. The minimum absolute atomic E-state index is 0.108. The molecular weight excluding hydrogens is 304 g/mol. The van der Waals surface area contributed by atoms with E-state index in [9.17, 15) is 9.59 Å². The molecule has 0 saturated heterocycles. The second-order valence-corrected chi connectivity index (χ2v) is 4.74. The Hall–Kier alpha value is -2.64. The summed E-state index contributed by atoms with van der Waals surface area (Å²) in [5, 5.41) is 11.3. The van der Waals surface area contributed by atoms with E-state index >= 15 is 0 Å². The molecule has 23 heavy (non-hydrogen) atoms. The van der Waals surface area contributed by atoms with Crippen molar-refractivity contribution in [1.29, 1.82) is 0 Å². The summed E-state index contributed by atoms with van der Waals surface area (Å²) < 4.78 is 15.7. The van der Waals surface area contributed by atoms with Gasteiger partial charge in [-0.3, -0.25) is 4.79 Å². The summed E-state index contributed by atoms with van der Waals surface area (Å²) in [5.74, 6) is 0.650. The van der Waals surface area contributed by atoms with Gasteiger partial charge in [0.1, 0.15) is 5.75 Å². The van der Waals surface area contributed by atoms with E-state index in [1.165, 1.54) is 33.3 Å². The van der Waals surface area contributed by atoms with Crippen molar-refractivity contribution in [2.24, 2.45) is 0 Å². The lowest BCUT2D eigenvalue weighted by Gasteiger charge is -2.18. The number of carboxylic acid groups (broad SMARTS) is 1. The number of hydrogen-bond acceptors (Lipinski definition) is 5. The fourth-order valence-corrected chi connectivity index (χ4v) is 1.90. The molecule has 0 radical (unpaired) electrons. The van der Waals surface area contributed by atoms with Crippen molar-refractivity contribution < 1.29 is 28.9 Å². The molecule has 128 valence electrons. The summed E-state index contributed by atoms with van der Waals surface area (Å²) in [6.45, 7) is 0.337. The van der Waals surface area contributed by atoms with Gasteiger partial charge in [0.2, 0.25) is 0 Å². The third-order valence-electron chi connectivity index (χ3n) is 3.22. The van der Waals surface area contributed by atoms with Crippen LogP contribution in [0, 0.1) is 0 Å². The number of methoxy groups -OCH3 is 3. The monoisotopic (exact) mass is 326 g/mol. The van der Waals surface area contributed by atoms with Crippen LogP contribution in [0.5, 0.6) is 17.2 Å². The number of carbonyl (C=O) groups is 2. The number of aliphatic carboxylic acids is 1. The number of carbonyl (C=O) groups excluding carboxylic acids is 1. The third kappa shape index (κ3) is 5.24. The van der Waals surface area contributed by atoms with Crippen molar-refractivity contribution in [3.8, 4) is 17.2 Å². The highest BCUT2D eigenvalue weighted by Gasteiger charge is 2.14. The molecule has 0 aliphatic carbocycles. The minimum atomic E-state index is -0.953. The molecule has 0 heterocycles. The zero-order chi connectivity index (χ0) is 17.4. The molecule has 2 amide bonds. The van der Waals surface area contributed by atoms with Gasteiger partial charge in [-0.25, -0.2) is 4.79 Å². The molecule has 0 atom stereocenters. The fourth-order valence-electron chi connectivity index (χ4n) is 1.90. The van der Waals surface area contributed by atoms with Crippen LogP contribution in [0.2, 0.25) is 0 Å². The maximum Gasteiger partial charge on any atom is 0.317 e. The second kappa shape index (κ2) is 8.72. The molecule has 0 aliphatic rings. The Morgan fingerprint density at radius 1 is 1.09 bits per heavy atom. The molecule has 0 unspecified atom stereocenters. The maximum atomic E-state index is 11.9. The fraction of sp³-hybridized carbons (Fsp3) is 0.467. The van der Waals surface area contributed by atoms with Crippen LogP contribution in [-0.2, 0) is 11.3 Å². The molecule has 1 rings (SSSR count). The van der Waals surface area contributed by atoms with Crippen molar-refractivity contribution in [1.82, 2.24) is 10.2 Å². The Bertz CT molecular complexity index is 561. The Morgan fingerprint density at radius 2 is 1.65 bits per heavy atom. The number of carboxylic acids is 1.